The maximum atomic E-state index is 6.46. The van der Waals surface area contributed by atoms with E-state index in [-0.39, 0.29) is 0 Å². The van der Waals surface area contributed by atoms with E-state index in [4.69, 9.17) is 11.6 Å². The molecule has 1 N–H and O–H groups in total. The van der Waals surface area contributed by atoms with Gasteiger partial charge in [0.1, 0.15) is 0 Å². The zero-order valence-electron chi connectivity index (χ0n) is 12.7. The van der Waals surface area contributed by atoms with E-state index in [1.807, 2.05) is 18.5 Å². The highest BCUT2D eigenvalue weighted by Gasteiger charge is 2.25. The average molecular weight is 312 g/mol. The van der Waals surface area contributed by atoms with Gasteiger partial charge in [-0.15, -0.1) is 0 Å². The van der Waals surface area contributed by atoms with Crippen LogP contribution >= 0.6 is 11.6 Å². The number of aromatic amines is 1. The Labute approximate surface area is 134 Å². The van der Waals surface area contributed by atoms with Crippen LogP contribution in [0.25, 0.3) is 22.2 Å². The van der Waals surface area contributed by atoms with Gasteiger partial charge in [-0.3, -0.25) is 9.97 Å². The first-order valence-electron chi connectivity index (χ1n) is 7.76. The standard InChI is InChI=1S/C18H18ClN3/c1-10(2)15-6-12-5-14(19)13(7-16(12)22-15)18-9-20-17(8-21-18)11-3-4-11/h5-11,22H,3-4H2,1-2H3. The van der Waals surface area contributed by atoms with E-state index < -0.39 is 0 Å². The highest BCUT2D eigenvalue weighted by Crippen LogP contribution is 2.39. The van der Waals surface area contributed by atoms with Crippen molar-refractivity contribution in [3.63, 3.8) is 0 Å². The number of rotatable bonds is 3. The minimum absolute atomic E-state index is 0.465. The van der Waals surface area contributed by atoms with E-state index in [1.54, 1.807) is 0 Å². The number of nitrogens with zero attached hydrogens (tertiary/aromatic N) is 2. The number of nitrogens with one attached hydrogen (secondary N) is 1. The lowest BCUT2D eigenvalue weighted by molar-refractivity contribution is 0.836. The van der Waals surface area contributed by atoms with Crippen LogP contribution in [0.2, 0.25) is 5.02 Å². The molecule has 4 heteroatoms. The average Bonchev–Trinajstić information content (AvgIpc) is 3.27. The molecule has 1 fully saturated rings. The predicted molar refractivity (Wildman–Crippen MR) is 90.4 cm³/mol. The molecule has 3 nitrogen and oxygen atoms in total. The molecule has 2 aromatic heterocycles. The van der Waals surface area contributed by atoms with E-state index in [0.717, 1.165) is 32.9 Å². The van der Waals surface area contributed by atoms with Gasteiger partial charge in [0.15, 0.2) is 0 Å². The molecule has 0 bridgehead atoms. The molecule has 1 saturated carbocycles. The first-order valence-corrected chi connectivity index (χ1v) is 8.14. The molecule has 1 aliphatic carbocycles. The van der Waals surface area contributed by atoms with E-state index in [0.29, 0.717) is 11.8 Å². The number of H-pyrrole nitrogens is 1. The molecule has 4 rings (SSSR count). The van der Waals surface area contributed by atoms with Gasteiger partial charge in [-0.2, -0.15) is 0 Å². The summed E-state index contributed by atoms with van der Waals surface area (Å²) in [5.74, 6) is 1.09. The topological polar surface area (TPSA) is 41.6 Å². The predicted octanol–water partition coefficient (Wildman–Crippen LogP) is 5.28. The number of hydrogen-bond donors (Lipinski definition) is 1. The monoisotopic (exact) mass is 311 g/mol. The summed E-state index contributed by atoms with van der Waals surface area (Å²) in [6, 6.07) is 6.24. The van der Waals surface area contributed by atoms with Gasteiger partial charge < -0.3 is 4.98 Å². The number of benzene rings is 1. The number of halogens is 1. The third-order valence-corrected chi connectivity index (χ3v) is 4.61. The van der Waals surface area contributed by atoms with Gasteiger partial charge in [0.2, 0.25) is 0 Å². The molecule has 0 atom stereocenters. The summed E-state index contributed by atoms with van der Waals surface area (Å²) >= 11 is 6.46. The second-order valence-corrected chi connectivity index (χ2v) is 6.81. The first-order chi connectivity index (χ1) is 10.6. The second-order valence-electron chi connectivity index (χ2n) is 6.40. The molecular formula is C18H18ClN3. The number of fused-ring (bicyclic) bond motifs is 1. The van der Waals surface area contributed by atoms with Crippen molar-refractivity contribution in [2.45, 2.75) is 38.5 Å². The van der Waals surface area contributed by atoms with Crippen molar-refractivity contribution in [2.75, 3.05) is 0 Å². The molecule has 1 aromatic carbocycles. The second kappa shape index (κ2) is 5.10. The van der Waals surface area contributed by atoms with Crippen molar-refractivity contribution in [3.8, 4) is 11.3 Å². The van der Waals surface area contributed by atoms with Crippen molar-refractivity contribution in [3.05, 3.63) is 47.0 Å². The van der Waals surface area contributed by atoms with Crippen molar-refractivity contribution in [2.24, 2.45) is 0 Å². The molecule has 1 aliphatic rings. The fourth-order valence-electron chi connectivity index (χ4n) is 2.75. The smallest absolute Gasteiger partial charge is 0.0901 e. The summed E-state index contributed by atoms with van der Waals surface area (Å²) in [5, 5.41) is 1.86. The van der Waals surface area contributed by atoms with E-state index >= 15 is 0 Å². The largest absolute Gasteiger partial charge is 0.358 e. The van der Waals surface area contributed by atoms with Gasteiger partial charge in [-0.1, -0.05) is 25.4 Å². The lowest BCUT2D eigenvalue weighted by Gasteiger charge is -2.05. The van der Waals surface area contributed by atoms with E-state index in [9.17, 15) is 0 Å². The molecule has 0 saturated heterocycles. The summed E-state index contributed by atoms with van der Waals surface area (Å²) in [6.45, 7) is 4.35. The molecule has 0 radical (unpaired) electrons. The third-order valence-electron chi connectivity index (χ3n) is 4.29. The lowest BCUT2D eigenvalue weighted by Crippen LogP contribution is -1.91. The summed E-state index contributed by atoms with van der Waals surface area (Å²) in [4.78, 5) is 12.6. The Balaban J connectivity index is 1.77. The van der Waals surface area contributed by atoms with Crippen molar-refractivity contribution >= 4 is 22.5 Å². The molecule has 0 amide bonds. The van der Waals surface area contributed by atoms with Gasteiger partial charge in [0, 0.05) is 34.3 Å². The van der Waals surface area contributed by atoms with E-state index in [2.05, 4.69) is 40.9 Å². The minimum atomic E-state index is 0.465. The van der Waals surface area contributed by atoms with Crippen LogP contribution in [0.4, 0.5) is 0 Å². The zero-order chi connectivity index (χ0) is 15.3. The van der Waals surface area contributed by atoms with Crippen LogP contribution in [-0.4, -0.2) is 15.0 Å². The molecule has 2 heterocycles. The number of aromatic nitrogens is 3. The summed E-state index contributed by atoms with van der Waals surface area (Å²) in [6.07, 6.45) is 6.21. The molecule has 0 unspecified atom stereocenters. The van der Waals surface area contributed by atoms with Crippen LogP contribution in [0.1, 0.15) is 49.9 Å². The van der Waals surface area contributed by atoms with Crippen LogP contribution in [0, 0.1) is 0 Å². The quantitative estimate of drug-likeness (QED) is 0.715. The van der Waals surface area contributed by atoms with Gasteiger partial charge >= 0.3 is 0 Å². The third kappa shape index (κ3) is 2.40. The van der Waals surface area contributed by atoms with Crippen molar-refractivity contribution in [1.29, 1.82) is 0 Å². The fraction of sp³-hybridized carbons (Fsp3) is 0.333. The summed E-state index contributed by atoms with van der Waals surface area (Å²) in [5.41, 5.74) is 5.18. The van der Waals surface area contributed by atoms with Gasteiger partial charge in [-0.25, -0.2) is 0 Å². The van der Waals surface area contributed by atoms with Crippen LogP contribution in [0.5, 0.6) is 0 Å². The lowest BCUT2D eigenvalue weighted by atomic mass is 10.1. The first kappa shape index (κ1) is 13.8. The Bertz CT molecular complexity index is 829. The maximum absolute atomic E-state index is 6.46. The zero-order valence-corrected chi connectivity index (χ0v) is 13.5. The van der Waals surface area contributed by atoms with Crippen molar-refractivity contribution in [1.82, 2.24) is 15.0 Å². The Morgan fingerprint density at radius 3 is 2.59 bits per heavy atom. The van der Waals surface area contributed by atoms with Gasteiger partial charge in [-0.05, 0) is 37.0 Å². The van der Waals surface area contributed by atoms with Crippen LogP contribution < -0.4 is 0 Å². The van der Waals surface area contributed by atoms with Crippen LogP contribution in [0.15, 0.2) is 30.6 Å². The van der Waals surface area contributed by atoms with E-state index in [1.165, 1.54) is 18.5 Å². The Kier molecular flexibility index (Phi) is 3.19. The summed E-state index contributed by atoms with van der Waals surface area (Å²) < 4.78 is 0. The van der Waals surface area contributed by atoms with Crippen LogP contribution in [-0.2, 0) is 0 Å². The molecule has 0 spiro atoms. The molecule has 22 heavy (non-hydrogen) atoms. The molecule has 3 aromatic rings. The maximum Gasteiger partial charge on any atom is 0.0901 e. The Morgan fingerprint density at radius 1 is 1.14 bits per heavy atom. The van der Waals surface area contributed by atoms with Gasteiger partial charge in [0.25, 0.3) is 0 Å². The van der Waals surface area contributed by atoms with Crippen LogP contribution in [0.3, 0.4) is 0 Å². The molecular weight excluding hydrogens is 294 g/mol. The highest BCUT2D eigenvalue weighted by molar-refractivity contribution is 6.34. The van der Waals surface area contributed by atoms with Crippen molar-refractivity contribution < 1.29 is 0 Å². The fourth-order valence-corrected chi connectivity index (χ4v) is 3.02. The SMILES string of the molecule is CC(C)c1cc2cc(Cl)c(-c3cnc(C4CC4)cn3)cc2[nH]1. The Morgan fingerprint density at radius 2 is 1.95 bits per heavy atom. The normalized spacial score (nSPS) is 14.9. The Hall–Kier alpha value is -1.87. The minimum Gasteiger partial charge on any atom is -0.358 e. The number of hydrogen-bond acceptors (Lipinski definition) is 2. The molecule has 0 aliphatic heterocycles. The van der Waals surface area contributed by atoms with Gasteiger partial charge in [0.05, 0.1) is 22.6 Å². The highest BCUT2D eigenvalue weighted by atomic mass is 35.5. The summed E-state index contributed by atoms with van der Waals surface area (Å²) in [7, 11) is 0. The molecule has 112 valence electrons.